The fourth-order valence-electron chi connectivity index (χ4n) is 3.12. The van der Waals surface area contributed by atoms with E-state index in [4.69, 9.17) is 4.52 Å². The van der Waals surface area contributed by atoms with Crippen molar-refractivity contribution in [2.45, 2.75) is 19.9 Å². The van der Waals surface area contributed by atoms with Crippen LogP contribution in [0, 0.1) is 6.92 Å². The van der Waals surface area contributed by atoms with E-state index in [1.165, 1.54) is 4.52 Å². The first kappa shape index (κ1) is 14.8. The van der Waals surface area contributed by atoms with Crippen LogP contribution >= 0.6 is 0 Å². The third-order valence-electron chi connectivity index (χ3n) is 4.40. The average Bonchev–Trinajstić information content (AvgIpc) is 3.37. The normalized spacial score (nSPS) is 14.0. The van der Waals surface area contributed by atoms with Crippen LogP contribution in [0.5, 0.6) is 0 Å². The lowest BCUT2D eigenvalue weighted by molar-refractivity contribution is 0.0722. The van der Waals surface area contributed by atoms with Gasteiger partial charge in [-0.2, -0.15) is 10.1 Å². The van der Waals surface area contributed by atoms with Crippen molar-refractivity contribution >= 4 is 11.7 Å². The van der Waals surface area contributed by atoms with Crippen LogP contribution in [0.1, 0.15) is 27.6 Å². The standard InChI is InChI=1S/C16H14N8O2/c1-9-7-12(22-26-9)13-10-8-23(6-3-11(10)19-20-13)15(25)14-18-16-17-4-2-5-24(16)21-14/h2,4-5,7H,3,6,8H2,1H3,(H,19,20). The largest absolute Gasteiger partial charge is 0.361 e. The summed E-state index contributed by atoms with van der Waals surface area (Å²) in [6.45, 7) is 2.80. The molecule has 0 spiro atoms. The van der Waals surface area contributed by atoms with Gasteiger partial charge in [0.2, 0.25) is 5.82 Å². The van der Waals surface area contributed by atoms with Crippen molar-refractivity contribution in [2.24, 2.45) is 0 Å². The Morgan fingerprint density at radius 2 is 2.31 bits per heavy atom. The van der Waals surface area contributed by atoms with Crippen molar-refractivity contribution in [2.75, 3.05) is 6.54 Å². The molecule has 4 aromatic rings. The van der Waals surface area contributed by atoms with Crippen LogP contribution in [-0.2, 0) is 13.0 Å². The minimum Gasteiger partial charge on any atom is -0.361 e. The number of aromatic nitrogens is 7. The van der Waals surface area contributed by atoms with Crippen molar-refractivity contribution < 1.29 is 9.32 Å². The zero-order valence-electron chi connectivity index (χ0n) is 13.9. The summed E-state index contributed by atoms with van der Waals surface area (Å²) in [6.07, 6.45) is 4.00. The van der Waals surface area contributed by atoms with Crippen LogP contribution in [0.2, 0.25) is 0 Å². The molecule has 0 aliphatic carbocycles. The lowest BCUT2D eigenvalue weighted by Gasteiger charge is -2.25. The van der Waals surface area contributed by atoms with Gasteiger partial charge in [-0.05, 0) is 13.0 Å². The topological polar surface area (TPSA) is 118 Å². The van der Waals surface area contributed by atoms with Crippen LogP contribution in [0.25, 0.3) is 17.2 Å². The van der Waals surface area contributed by atoms with E-state index in [1.54, 1.807) is 23.4 Å². The Morgan fingerprint density at radius 3 is 3.12 bits per heavy atom. The van der Waals surface area contributed by atoms with Gasteiger partial charge in [0.05, 0.1) is 6.54 Å². The molecule has 0 saturated carbocycles. The molecule has 0 fully saturated rings. The monoisotopic (exact) mass is 350 g/mol. The number of aromatic amines is 1. The first-order valence-corrected chi connectivity index (χ1v) is 8.15. The van der Waals surface area contributed by atoms with E-state index in [0.29, 0.717) is 42.4 Å². The Hall–Kier alpha value is -3.56. The molecule has 0 unspecified atom stereocenters. The number of nitrogens with one attached hydrogen (secondary N) is 1. The second-order valence-corrected chi connectivity index (χ2v) is 6.13. The van der Waals surface area contributed by atoms with Gasteiger partial charge in [-0.15, -0.1) is 5.10 Å². The number of carbonyl (C=O) groups excluding carboxylic acids is 1. The molecule has 1 N–H and O–H groups in total. The molecule has 5 heterocycles. The molecule has 10 nitrogen and oxygen atoms in total. The smallest absolute Gasteiger partial charge is 0.293 e. The van der Waals surface area contributed by atoms with Gasteiger partial charge in [0.1, 0.15) is 17.1 Å². The molecule has 5 rings (SSSR count). The van der Waals surface area contributed by atoms with Gasteiger partial charge in [-0.25, -0.2) is 9.50 Å². The number of hydrogen-bond acceptors (Lipinski definition) is 7. The zero-order valence-corrected chi connectivity index (χ0v) is 13.9. The highest BCUT2D eigenvalue weighted by molar-refractivity contribution is 5.91. The Bertz CT molecular complexity index is 1090. The molecule has 0 saturated heterocycles. The summed E-state index contributed by atoms with van der Waals surface area (Å²) in [7, 11) is 0. The number of rotatable bonds is 2. The number of H-pyrrole nitrogens is 1. The van der Waals surface area contributed by atoms with E-state index in [2.05, 4.69) is 30.4 Å². The molecule has 0 radical (unpaired) electrons. The fourth-order valence-corrected chi connectivity index (χ4v) is 3.12. The predicted octanol–water partition coefficient (Wildman–Crippen LogP) is 1.01. The molecule has 0 atom stereocenters. The van der Waals surface area contributed by atoms with E-state index in [0.717, 1.165) is 11.3 Å². The lowest BCUT2D eigenvalue weighted by Crippen LogP contribution is -2.36. The molecular formula is C16H14N8O2. The maximum atomic E-state index is 12.8. The first-order valence-electron chi connectivity index (χ1n) is 8.15. The van der Waals surface area contributed by atoms with Crippen molar-refractivity contribution in [3.63, 3.8) is 0 Å². The molecule has 130 valence electrons. The molecule has 0 bridgehead atoms. The molecule has 4 aromatic heterocycles. The van der Waals surface area contributed by atoms with Crippen molar-refractivity contribution in [3.8, 4) is 11.4 Å². The molecule has 0 aromatic carbocycles. The second-order valence-electron chi connectivity index (χ2n) is 6.13. The van der Waals surface area contributed by atoms with Gasteiger partial charge < -0.3 is 9.42 Å². The number of nitrogens with zero attached hydrogens (tertiary/aromatic N) is 7. The van der Waals surface area contributed by atoms with E-state index in [-0.39, 0.29) is 11.7 Å². The van der Waals surface area contributed by atoms with E-state index in [1.807, 2.05) is 13.0 Å². The number of carbonyl (C=O) groups is 1. The number of amides is 1. The summed E-state index contributed by atoms with van der Waals surface area (Å²) in [6, 6.07) is 3.56. The summed E-state index contributed by atoms with van der Waals surface area (Å²) in [5.74, 6) is 1.01. The van der Waals surface area contributed by atoms with Crippen molar-refractivity contribution in [3.05, 3.63) is 47.4 Å². The van der Waals surface area contributed by atoms with Crippen LogP contribution in [0.3, 0.4) is 0 Å². The van der Waals surface area contributed by atoms with E-state index < -0.39 is 0 Å². The lowest BCUT2D eigenvalue weighted by atomic mass is 10.0. The SMILES string of the molecule is Cc1cc(-c2n[nH]c3c2CN(C(=O)c2nc4ncccn4n2)CC3)no1. The third-order valence-corrected chi connectivity index (χ3v) is 4.40. The van der Waals surface area contributed by atoms with Crippen molar-refractivity contribution in [1.82, 2.24) is 39.8 Å². The maximum absolute atomic E-state index is 12.8. The van der Waals surface area contributed by atoms with Crippen LogP contribution in [0.4, 0.5) is 0 Å². The van der Waals surface area contributed by atoms with Gasteiger partial charge in [-0.1, -0.05) is 5.16 Å². The van der Waals surface area contributed by atoms with E-state index in [9.17, 15) is 4.79 Å². The number of hydrogen-bond donors (Lipinski definition) is 1. The highest BCUT2D eigenvalue weighted by Crippen LogP contribution is 2.28. The van der Waals surface area contributed by atoms with Crippen LogP contribution in [0.15, 0.2) is 29.0 Å². The maximum Gasteiger partial charge on any atom is 0.293 e. The quantitative estimate of drug-likeness (QED) is 0.573. The first-order chi connectivity index (χ1) is 12.7. The minimum absolute atomic E-state index is 0.134. The highest BCUT2D eigenvalue weighted by Gasteiger charge is 2.29. The Balaban J connectivity index is 1.46. The van der Waals surface area contributed by atoms with Gasteiger partial charge >= 0.3 is 0 Å². The minimum atomic E-state index is -0.232. The molecular weight excluding hydrogens is 336 g/mol. The fraction of sp³-hybridized carbons (Fsp3) is 0.250. The summed E-state index contributed by atoms with van der Waals surface area (Å²) in [4.78, 5) is 22.9. The van der Waals surface area contributed by atoms with E-state index >= 15 is 0 Å². The Labute approximate surface area is 146 Å². The summed E-state index contributed by atoms with van der Waals surface area (Å²) < 4.78 is 6.63. The molecule has 26 heavy (non-hydrogen) atoms. The third kappa shape index (κ3) is 2.26. The van der Waals surface area contributed by atoms with Gasteiger partial charge in [0, 0.05) is 42.7 Å². The Morgan fingerprint density at radius 1 is 1.38 bits per heavy atom. The van der Waals surface area contributed by atoms with Crippen molar-refractivity contribution in [1.29, 1.82) is 0 Å². The van der Waals surface area contributed by atoms with Crippen LogP contribution < -0.4 is 0 Å². The Kier molecular flexibility index (Phi) is 3.11. The summed E-state index contributed by atoms with van der Waals surface area (Å²) in [5, 5.41) is 15.6. The predicted molar refractivity (Wildman–Crippen MR) is 88.0 cm³/mol. The molecule has 1 aliphatic rings. The number of aryl methyl sites for hydroxylation is 1. The highest BCUT2D eigenvalue weighted by atomic mass is 16.5. The van der Waals surface area contributed by atoms with Crippen LogP contribution in [-0.4, -0.2) is 52.3 Å². The molecule has 1 aliphatic heterocycles. The van der Waals surface area contributed by atoms with Gasteiger partial charge in [0.15, 0.2) is 0 Å². The van der Waals surface area contributed by atoms with Gasteiger partial charge in [0.25, 0.3) is 11.7 Å². The molecule has 10 heteroatoms. The zero-order chi connectivity index (χ0) is 17.7. The number of fused-ring (bicyclic) bond motifs is 2. The second kappa shape index (κ2) is 5.48. The average molecular weight is 350 g/mol. The summed E-state index contributed by atoms with van der Waals surface area (Å²) >= 11 is 0. The molecule has 1 amide bonds. The van der Waals surface area contributed by atoms with Gasteiger partial charge in [-0.3, -0.25) is 9.89 Å². The summed E-state index contributed by atoms with van der Waals surface area (Å²) in [5.41, 5.74) is 3.32.